The molecular formula is C14H28O6. The molecule has 1 unspecified atom stereocenters. The Morgan fingerprint density at radius 1 is 1.05 bits per heavy atom. The molecular weight excluding hydrogens is 264 g/mol. The van der Waals surface area contributed by atoms with Crippen molar-refractivity contribution in [1.29, 1.82) is 0 Å². The van der Waals surface area contributed by atoms with Crippen molar-refractivity contribution in [2.75, 3.05) is 13.2 Å². The number of aliphatic hydroxyl groups is 4. The van der Waals surface area contributed by atoms with Crippen molar-refractivity contribution in [1.82, 2.24) is 0 Å². The second-order valence-electron chi connectivity index (χ2n) is 5.34. The van der Waals surface area contributed by atoms with E-state index in [2.05, 4.69) is 6.92 Å². The van der Waals surface area contributed by atoms with Gasteiger partial charge in [-0.05, 0) is 6.42 Å². The summed E-state index contributed by atoms with van der Waals surface area (Å²) >= 11 is 0. The molecule has 1 saturated heterocycles. The zero-order valence-electron chi connectivity index (χ0n) is 12.1. The van der Waals surface area contributed by atoms with Crippen LogP contribution in [0, 0.1) is 0 Å². The van der Waals surface area contributed by atoms with Crippen LogP contribution in [0.1, 0.15) is 45.4 Å². The highest BCUT2D eigenvalue weighted by Crippen LogP contribution is 2.24. The fourth-order valence-electron chi connectivity index (χ4n) is 2.31. The van der Waals surface area contributed by atoms with Crippen LogP contribution < -0.4 is 0 Å². The van der Waals surface area contributed by atoms with E-state index in [0.29, 0.717) is 6.61 Å². The Balaban J connectivity index is 2.17. The smallest absolute Gasteiger partial charge is 0.186 e. The van der Waals surface area contributed by atoms with Crippen LogP contribution in [0.3, 0.4) is 0 Å². The van der Waals surface area contributed by atoms with Gasteiger partial charge in [-0.15, -0.1) is 0 Å². The largest absolute Gasteiger partial charge is 0.394 e. The van der Waals surface area contributed by atoms with Crippen LogP contribution in [-0.2, 0) is 9.47 Å². The second kappa shape index (κ2) is 9.65. The molecule has 6 heteroatoms. The van der Waals surface area contributed by atoms with Gasteiger partial charge in [0, 0.05) is 6.61 Å². The Hall–Kier alpha value is -0.240. The van der Waals surface area contributed by atoms with E-state index in [1.165, 1.54) is 25.7 Å². The summed E-state index contributed by atoms with van der Waals surface area (Å²) < 4.78 is 10.6. The van der Waals surface area contributed by atoms with Crippen LogP contribution in [0.2, 0.25) is 0 Å². The van der Waals surface area contributed by atoms with Crippen LogP contribution in [0.15, 0.2) is 0 Å². The highest BCUT2D eigenvalue weighted by Gasteiger charge is 2.46. The Bertz CT molecular complexity index is 250. The molecule has 1 aliphatic heterocycles. The lowest BCUT2D eigenvalue weighted by Gasteiger charge is -2.18. The van der Waals surface area contributed by atoms with E-state index in [1.807, 2.05) is 0 Å². The molecule has 0 spiro atoms. The summed E-state index contributed by atoms with van der Waals surface area (Å²) in [4.78, 5) is 0. The molecule has 120 valence electrons. The molecule has 4 N–H and O–H groups in total. The summed E-state index contributed by atoms with van der Waals surface area (Å²) in [5.41, 5.74) is 0. The van der Waals surface area contributed by atoms with Crippen molar-refractivity contribution in [3.63, 3.8) is 0 Å². The van der Waals surface area contributed by atoms with Gasteiger partial charge in [0.05, 0.1) is 6.61 Å². The molecule has 1 aliphatic rings. The molecule has 0 aromatic carbocycles. The van der Waals surface area contributed by atoms with Crippen molar-refractivity contribution >= 4 is 0 Å². The summed E-state index contributed by atoms with van der Waals surface area (Å²) in [7, 11) is 0. The molecule has 1 heterocycles. The minimum Gasteiger partial charge on any atom is -0.394 e. The third kappa shape index (κ3) is 5.27. The number of unbranched alkanes of at least 4 members (excludes halogenated alkanes) is 5. The molecule has 6 nitrogen and oxygen atoms in total. The van der Waals surface area contributed by atoms with E-state index in [-0.39, 0.29) is 0 Å². The maximum atomic E-state index is 9.75. The zero-order valence-corrected chi connectivity index (χ0v) is 12.1. The van der Waals surface area contributed by atoms with Gasteiger partial charge in [-0.25, -0.2) is 0 Å². The number of hydrogen-bond donors (Lipinski definition) is 4. The maximum absolute atomic E-state index is 9.75. The molecule has 0 radical (unpaired) electrons. The third-order valence-corrected chi connectivity index (χ3v) is 3.60. The van der Waals surface area contributed by atoms with E-state index < -0.39 is 37.3 Å². The Morgan fingerprint density at radius 3 is 2.35 bits per heavy atom. The Kier molecular flexibility index (Phi) is 8.60. The van der Waals surface area contributed by atoms with E-state index >= 15 is 0 Å². The minimum absolute atomic E-state index is 0.447. The summed E-state index contributed by atoms with van der Waals surface area (Å²) in [6.07, 6.45) is 1.19. The van der Waals surface area contributed by atoms with Crippen molar-refractivity contribution in [2.24, 2.45) is 0 Å². The first-order valence-corrected chi connectivity index (χ1v) is 7.54. The highest BCUT2D eigenvalue weighted by atomic mass is 16.7. The van der Waals surface area contributed by atoms with Gasteiger partial charge in [0.15, 0.2) is 6.29 Å². The minimum atomic E-state index is -1.24. The SMILES string of the molecule is CCCCCCCCOC1O[C@@H]([C@H](O)CO)[C@H](O)[C@H]1O. The molecule has 0 saturated carbocycles. The number of ether oxygens (including phenoxy) is 2. The number of rotatable bonds is 10. The van der Waals surface area contributed by atoms with Gasteiger partial charge in [0.25, 0.3) is 0 Å². The van der Waals surface area contributed by atoms with Crippen LogP contribution in [0.25, 0.3) is 0 Å². The first kappa shape index (κ1) is 17.8. The topological polar surface area (TPSA) is 99.4 Å². The fraction of sp³-hybridized carbons (Fsp3) is 1.00. The molecule has 20 heavy (non-hydrogen) atoms. The summed E-state index contributed by atoms with van der Waals surface area (Å²) in [5, 5.41) is 37.7. The molecule has 1 fully saturated rings. The maximum Gasteiger partial charge on any atom is 0.186 e. The van der Waals surface area contributed by atoms with Gasteiger partial charge >= 0.3 is 0 Å². The Labute approximate surface area is 120 Å². The van der Waals surface area contributed by atoms with Crippen LogP contribution in [0.5, 0.6) is 0 Å². The second-order valence-corrected chi connectivity index (χ2v) is 5.34. The van der Waals surface area contributed by atoms with Gasteiger partial charge in [-0.3, -0.25) is 0 Å². The third-order valence-electron chi connectivity index (χ3n) is 3.60. The quantitative estimate of drug-likeness (QED) is 0.428. The summed E-state index contributed by atoms with van der Waals surface area (Å²) in [6, 6.07) is 0. The first-order chi connectivity index (χ1) is 9.61. The molecule has 0 aliphatic carbocycles. The molecule has 1 rings (SSSR count). The lowest BCUT2D eigenvalue weighted by Crippen LogP contribution is -2.40. The molecule has 0 aromatic rings. The van der Waals surface area contributed by atoms with E-state index in [1.54, 1.807) is 0 Å². The van der Waals surface area contributed by atoms with E-state index in [0.717, 1.165) is 12.8 Å². The Morgan fingerprint density at radius 2 is 1.70 bits per heavy atom. The first-order valence-electron chi connectivity index (χ1n) is 7.54. The van der Waals surface area contributed by atoms with Crippen LogP contribution in [-0.4, -0.2) is 64.3 Å². The molecule has 0 aromatic heterocycles. The average molecular weight is 292 g/mol. The molecule has 0 amide bonds. The monoisotopic (exact) mass is 292 g/mol. The van der Waals surface area contributed by atoms with Gasteiger partial charge in [0.2, 0.25) is 0 Å². The predicted molar refractivity (Wildman–Crippen MR) is 73.1 cm³/mol. The van der Waals surface area contributed by atoms with Crippen LogP contribution >= 0.6 is 0 Å². The van der Waals surface area contributed by atoms with Crippen LogP contribution in [0.4, 0.5) is 0 Å². The lowest BCUT2D eigenvalue weighted by molar-refractivity contribution is -0.181. The van der Waals surface area contributed by atoms with E-state index in [9.17, 15) is 15.3 Å². The predicted octanol–water partition coefficient (Wildman–Crippen LogP) is 0.163. The lowest BCUT2D eigenvalue weighted by atomic mass is 10.1. The summed E-state index contributed by atoms with van der Waals surface area (Å²) in [6.45, 7) is 2.09. The zero-order chi connectivity index (χ0) is 15.0. The van der Waals surface area contributed by atoms with Crippen molar-refractivity contribution in [2.45, 2.75) is 76.2 Å². The van der Waals surface area contributed by atoms with Gasteiger partial charge in [0.1, 0.15) is 24.4 Å². The van der Waals surface area contributed by atoms with Gasteiger partial charge in [-0.1, -0.05) is 39.0 Å². The van der Waals surface area contributed by atoms with Crippen molar-refractivity contribution < 1.29 is 29.9 Å². The molecule has 0 bridgehead atoms. The normalized spacial score (nSPS) is 31.6. The highest BCUT2D eigenvalue weighted by molar-refractivity contribution is 4.90. The van der Waals surface area contributed by atoms with Gasteiger partial charge in [-0.2, -0.15) is 0 Å². The fourth-order valence-corrected chi connectivity index (χ4v) is 2.31. The number of hydrogen-bond acceptors (Lipinski definition) is 6. The number of aliphatic hydroxyl groups excluding tert-OH is 4. The summed E-state index contributed by atoms with van der Waals surface area (Å²) in [5.74, 6) is 0. The van der Waals surface area contributed by atoms with E-state index in [4.69, 9.17) is 14.6 Å². The van der Waals surface area contributed by atoms with Gasteiger partial charge < -0.3 is 29.9 Å². The van der Waals surface area contributed by atoms with Crippen molar-refractivity contribution in [3.05, 3.63) is 0 Å². The average Bonchev–Trinajstić information content (AvgIpc) is 2.74. The molecule has 5 atom stereocenters. The standard InChI is InChI=1S/C14H28O6/c1-2-3-4-5-6-7-8-19-14-12(18)11(17)13(20-14)10(16)9-15/h10-18H,2-9H2,1H3/t10-,11-,12-,13+,14?/m1/s1. The van der Waals surface area contributed by atoms with Crippen molar-refractivity contribution in [3.8, 4) is 0 Å².